The van der Waals surface area contributed by atoms with Gasteiger partial charge in [0.1, 0.15) is 5.70 Å². The molecule has 24 heavy (non-hydrogen) atoms. The third-order valence-electron chi connectivity index (χ3n) is 4.38. The van der Waals surface area contributed by atoms with Gasteiger partial charge in [0.2, 0.25) is 0 Å². The maximum atomic E-state index is 13.0. The first-order valence-electron chi connectivity index (χ1n) is 8.57. The number of hydrogen-bond donors (Lipinski definition) is 0. The summed E-state index contributed by atoms with van der Waals surface area (Å²) in [5.74, 6) is -0.309. The average molecular weight is 348 g/mol. The zero-order chi connectivity index (χ0) is 17.3. The van der Waals surface area contributed by atoms with Crippen LogP contribution in [0.3, 0.4) is 0 Å². The largest absolute Gasteiger partial charge is 0.372 e. The van der Waals surface area contributed by atoms with Gasteiger partial charge in [-0.1, -0.05) is 19.4 Å². The van der Waals surface area contributed by atoms with Crippen LogP contribution < -0.4 is 0 Å². The van der Waals surface area contributed by atoms with Gasteiger partial charge in [-0.3, -0.25) is 14.5 Å². The summed E-state index contributed by atoms with van der Waals surface area (Å²) in [6.45, 7) is 7.82. The highest BCUT2D eigenvalue weighted by atomic mass is 32.1. The van der Waals surface area contributed by atoms with Crippen LogP contribution in [0.1, 0.15) is 38.5 Å². The van der Waals surface area contributed by atoms with Crippen molar-refractivity contribution < 1.29 is 14.3 Å². The van der Waals surface area contributed by atoms with Gasteiger partial charge in [-0.25, -0.2) is 0 Å². The van der Waals surface area contributed by atoms with Gasteiger partial charge in [-0.15, -0.1) is 11.3 Å². The van der Waals surface area contributed by atoms with Crippen molar-refractivity contribution in [2.75, 3.05) is 19.6 Å². The molecule has 3 heterocycles. The van der Waals surface area contributed by atoms with E-state index in [9.17, 15) is 9.59 Å². The zero-order valence-electron chi connectivity index (χ0n) is 14.4. The van der Waals surface area contributed by atoms with E-state index in [0.29, 0.717) is 30.9 Å². The lowest BCUT2D eigenvalue weighted by atomic mass is 10.1. The minimum Gasteiger partial charge on any atom is -0.372 e. The van der Waals surface area contributed by atoms with Crippen molar-refractivity contribution in [3.8, 4) is 0 Å². The number of carbonyl (C=O) groups is 2. The molecule has 0 radical (unpaired) electrons. The van der Waals surface area contributed by atoms with Gasteiger partial charge in [0.05, 0.1) is 17.8 Å². The second-order valence-electron chi connectivity index (χ2n) is 6.48. The molecule has 2 unspecified atom stereocenters. The van der Waals surface area contributed by atoms with E-state index in [1.165, 1.54) is 16.2 Å². The highest BCUT2D eigenvalue weighted by Crippen LogP contribution is 2.35. The fourth-order valence-electron chi connectivity index (χ4n) is 3.38. The highest BCUT2D eigenvalue weighted by Gasteiger charge is 2.42. The molecule has 130 valence electrons. The van der Waals surface area contributed by atoms with Crippen LogP contribution in [-0.2, 0) is 14.3 Å². The molecule has 0 N–H and O–H groups in total. The fraction of sp³-hybridized carbons (Fsp3) is 0.556. The normalized spacial score (nSPS) is 25.1. The Labute approximate surface area is 146 Å². The molecule has 0 aromatic carbocycles. The Morgan fingerprint density at radius 3 is 2.50 bits per heavy atom. The number of carbonyl (C=O) groups excluding carboxylic acids is 2. The van der Waals surface area contributed by atoms with Crippen LogP contribution in [0.4, 0.5) is 0 Å². The summed E-state index contributed by atoms with van der Waals surface area (Å²) >= 11 is 1.51. The van der Waals surface area contributed by atoms with Crippen LogP contribution in [0.2, 0.25) is 0 Å². The molecule has 1 saturated heterocycles. The van der Waals surface area contributed by atoms with Crippen LogP contribution in [0.5, 0.6) is 0 Å². The number of ether oxygens (including phenoxy) is 1. The fourth-order valence-corrected chi connectivity index (χ4v) is 4.14. The molecule has 2 amide bonds. The molecule has 5 nitrogen and oxygen atoms in total. The molecule has 1 aromatic heterocycles. The topological polar surface area (TPSA) is 49.9 Å². The summed E-state index contributed by atoms with van der Waals surface area (Å²) < 4.78 is 5.78. The summed E-state index contributed by atoms with van der Waals surface area (Å²) in [5, 5.41) is 1.94. The quantitative estimate of drug-likeness (QED) is 0.768. The highest BCUT2D eigenvalue weighted by molar-refractivity contribution is 7.11. The predicted molar refractivity (Wildman–Crippen MR) is 94.4 cm³/mol. The zero-order valence-corrected chi connectivity index (χ0v) is 15.3. The van der Waals surface area contributed by atoms with E-state index in [0.717, 1.165) is 17.7 Å². The van der Waals surface area contributed by atoms with E-state index in [4.69, 9.17) is 4.74 Å². The summed E-state index contributed by atoms with van der Waals surface area (Å²) in [6.07, 6.45) is 1.86. The molecule has 6 heteroatoms. The van der Waals surface area contributed by atoms with Crippen molar-refractivity contribution in [2.45, 2.75) is 45.8 Å². The van der Waals surface area contributed by atoms with Crippen LogP contribution in [0.15, 0.2) is 23.2 Å². The van der Waals surface area contributed by atoms with Crippen molar-refractivity contribution in [3.05, 3.63) is 28.1 Å². The first-order chi connectivity index (χ1) is 11.5. The Kier molecular flexibility index (Phi) is 5.06. The van der Waals surface area contributed by atoms with E-state index < -0.39 is 0 Å². The smallest absolute Gasteiger partial charge is 0.277 e. The summed E-state index contributed by atoms with van der Waals surface area (Å²) in [5.41, 5.74) is 1.12. The van der Waals surface area contributed by atoms with E-state index in [2.05, 4.69) is 6.92 Å². The van der Waals surface area contributed by atoms with Gasteiger partial charge in [0, 0.05) is 24.5 Å². The molecule has 2 aliphatic rings. The van der Waals surface area contributed by atoms with Crippen molar-refractivity contribution in [3.63, 3.8) is 0 Å². The molecular weight excluding hydrogens is 324 g/mol. The van der Waals surface area contributed by atoms with Crippen LogP contribution >= 0.6 is 11.3 Å². The number of nitrogens with zero attached hydrogens (tertiary/aromatic N) is 2. The predicted octanol–water partition coefficient (Wildman–Crippen LogP) is 2.74. The molecule has 0 saturated carbocycles. The lowest BCUT2D eigenvalue weighted by Crippen LogP contribution is -2.47. The Bertz CT molecular complexity index is 643. The summed E-state index contributed by atoms with van der Waals surface area (Å²) in [4.78, 5) is 30.3. The van der Waals surface area contributed by atoms with Gasteiger partial charge in [-0.2, -0.15) is 0 Å². The monoisotopic (exact) mass is 348 g/mol. The molecule has 0 spiro atoms. The van der Waals surface area contributed by atoms with Crippen molar-refractivity contribution in [1.29, 1.82) is 0 Å². The van der Waals surface area contributed by atoms with Gasteiger partial charge in [0.15, 0.2) is 0 Å². The number of imide groups is 1. The Hall–Kier alpha value is -1.66. The van der Waals surface area contributed by atoms with Crippen LogP contribution in [-0.4, -0.2) is 53.5 Å². The van der Waals surface area contributed by atoms with Crippen LogP contribution in [0, 0.1) is 0 Å². The lowest BCUT2D eigenvalue weighted by molar-refractivity contribution is -0.138. The van der Waals surface area contributed by atoms with E-state index >= 15 is 0 Å². The number of thiophene rings is 1. The van der Waals surface area contributed by atoms with E-state index in [1.807, 2.05) is 36.3 Å². The Morgan fingerprint density at radius 2 is 1.92 bits per heavy atom. The van der Waals surface area contributed by atoms with Crippen molar-refractivity contribution in [2.24, 2.45) is 0 Å². The molecule has 2 aliphatic heterocycles. The molecule has 0 bridgehead atoms. The first-order valence-corrected chi connectivity index (χ1v) is 9.45. The third-order valence-corrected chi connectivity index (χ3v) is 5.27. The first kappa shape index (κ1) is 17.2. The Balaban J connectivity index is 1.99. The number of hydrogen-bond acceptors (Lipinski definition) is 5. The lowest BCUT2D eigenvalue weighted by Gasteiger charge is -2.37. The Morgan fingerprint density at radius 1 is 1.21 bits per heavy atom. The van der Waals surface area contributed by atoms with Gasteiger partial charge >= 0.3 is 0 Å². The molecular formula is C18H24N2O3S. The minimum atomic E-state index is -0.155. The maximum absolute atomic E-state index is 13.0. The van der Waals surface area contributed by atoms with Crippen molar-refractivity contribution in [1.82, 2.24) is 9.80 Å². The third kappa shape index (κ3) is 3.13. The van der Waals surface area contributed by atoms with Gasteiger partial charge in [-0.05, 0) is 31.7 Å². The second-order valence-corrected chi connectivity index (χ2v) is 7.43. The molecule has 1 fully saturated rings. The second kappa shape index (κ2) is 7.07. The van der Waals surface area contributed by atoms with Gasteiger partial charge in [0.25, 0.3) is 11.8 Å². The van der Waals surface area contributed by atoms with E-state index in [-0.39, 0.29) is 24.0 Å². The molecule has 1 aromatic rings. The summed E-state index contributed by atoms with van der Waals surface area (Å²) in [6, 6.07) is 3.84. The number of unbranched alkanes of at least 4 members (excludes halogenated alkanes) is 1. The SMILES string of the molecule is CCCCN1C(=O)C(c2cccs2)=C(N2CC(C)OC(C)C2)C1=O. The molecule has 2 atom stereocenters. The van der Waals surface area contributed by atoms with E-state index in [1.54, 1.807) is 0 Å². The average Bonchev–Trinajstić information content (AvgIpc) is 3.12. The molecule has 0 aliphatic carbocycles. The van der Waals surface area contributed by atoms with Gasteiger partial charge < -0.3 is 9.64 Å². The van der Waals surface area contributed by atoms with Crippen molar-refractivity contribution >= 4 is 28.7 Å². The number of amides is 2. The minimum absolute atomic E-state index is 0.0402. The maximum Gasteiger partial charge on any atom is 0.277 e. The number of rotatable bonds is 5. The standard InChI is InChI=1S/C18H24N2O3S/c1-4-5-8-20-17(21)15(14-7-6-9-24-14)16(18(20)22)19-10-12(2)23-13(3)11-19/h6-7,9,12-13H,4-5,8,10-11H2,1-3H3. The van der Waals surface area contributed by atoms with Crippen LogP contribution in [0.25, 0.3) is 5.57 Å². The molecule has 3 rings (SSSR count). The number of morpholine rings is 1. The summed E-state index contributed by atoms with van der Waals surface area (Å²) in [7, 11) is 0.